The fraction of sp³-hybridized carbons (Fsp3) is 0.684. The van der Waals surface area contributed by atoms with Crippen molar-refractivity contribution in [3.8, 4) is 19.5 Å². The van der Waals surface area contributed by atoms with Crippen LogP contribution in [0.25, 0.3) is 40.5 Å². The largest absolute Gasteiger partial charge is 0.311 e. The standard InChI is InChI=1S/C76H116N2O2S4/c1-7-11-15-19-23-27-29-33-37-40-44-61(43-39-35-31-25-21-17-13-9-3)57-77-67-55-64-68(54-63(67)53-65(75(77)79)69-51-52-71(83-69)70-49-47-59(5)81-70)78(76(80)66-56-73(84-74(64)66)72-50-48-60(6)82-72)58-62(45-41-36-32-26-22-18-14-10-4)46-42-38-34-30-28-24-20-16-12-8-2/h47-52,54-56,61-62,65H,7-46,53,57-58H2,1-6H3. The number of fused-ring (bicyclic) bond motifs is 4. The number of hydrogen-bond acceptors (Lipinski definition) is 6. The van der Waals surface area contributed by atoms with Crippen molar-refractivity contribution >= 4 is 77.9 Å². The molecular formula is C76H116N2O2S4. The maximum atomic E-state index is 15.8. The third-order valence-electron chi connectivity index (χ3n) is 18.9. The van der Waals surface area contributed by atoms with E-state index in [0.717, 1.165) is 39.8 Å². The molecule has 5 aromatic heterocycles. The second-order valence-corrected chi connectivity index (χ2v) is 30.9. The van der Waals surface area contributed by atoms with Crippen LogP contribution in [0.2, 0.25) is 0 Å². The Morgan fingerprint density at radius 2 is 0.810 bits per heavy atom. The van der Waals surface area contributed by atoms with Gasteiger partial charge in [0.15, 0.2) is 0 Å². The topological polar surface area (TPSA) is 42.3 Å². The van der Waals surface area contributed by atoms with Gasteiger partial charge in [0, 0.05) is 63.0 Å². The van der Waals surface area contributed by atoms with Gasteiger partial charge in [-0.2, -0.15) is 0 Å². The monoisotopic (exact) mass is 1220 g/mol. The number of aromatic nitrogens is 1. The maximum absolute atomic E-state index is 15.8. The molecule has 3 unspecified atom stereocenters. The number of hydrogen-bond donors (Lipinski definition) is 0. The molecule has 0 fully saturated rings. The van der Waals surface area contributed by atoms with Crippen LogP contribution in [-0.2, 0) is 17.8 Å². The van der Waals surface area contributed by atoms with Gasteiger partial charge in [0.2, 0.25) is 5.91 Å². The van der Waals surface area contributed by atoms with Gasteiger partial charge in [-0.3, -0.25) is 9.59 Å². The van der Waals surface area contributed by atoms with Crippen molar-refractivity contribution in [1.29, 1.82) is 0 Å². The molecule has 0 bridgehead atoms. The first-order valence-corrected chi connectivity index (χ1v) is 38.7. The number of rotatable bonds is 47. The molecule has 0 saturated heterocycles. The fourth-order valence-corrected chi connectivity index (χ4v) is 17.9. The number of anilines is 1. The third kappa shape index (κ3) is 21.9. The van der Waals surface area contributed by atoms with Crippen molar-refractivity contribution in [2.75, 3.05) is 11.4 Å². The summed E-state index contributed by atoms with van der Waals surface area (Å²) < 4.78 is 3.35. The number of nitrogens with zero attached hydrogens (tertiary/aromatic N) is 2. The molecule has 0 saturated carbocycles. The SMILES string of the molecule is CCCCCCCCCCCCC(CCCCCCCCCC)CN1C(=O)C(c2ccc(-c3ccc(C)s3)s2)Cc2cc3c(cc21)c1sc(-c2ccc(C)s2)cc1c(=O)n3CC(CCCCCCCCCC)CCCCCCCCCCCC. The van der Waals surface area contributed by atoms with Gasteiger partial charge in [0.25, 0.3) is 5.56 Å². The zero-order valence-corrected chi connectivity index (χ0v) is 57.4. The van der Waals surface area contributed by atoms with Crippen LogP contribution in [0.4, 0.5) is 5.69 Å². The number of pyridine rings is 1. The Labute approximate surface area is 528 Å². The van der Waals surface area contributed by atoms with Crippen molar-refractivity contribution < 1.29 is 4.79 Å². The second-order valence-electron chi connectivity index (χ2n) is 26.2. The van der Waals surface area contributed by atoms with Crippen molar-refractivity contribution in [2.24, 2.45) is 11.8 Å². The Morgan fingerprint density at radius 3 is 1.24 bits per heavy atom. The molecule has 1 amide bonds. The first kappa shape index (κ1) is 68.5. The van der Waals surface area contributed by atoms with Crippen molar-refractivity contribution in [3.05, 3.63) is 85.1 Å². The molecule has 0 radical (unpaired) electrons. The number of benzene rings is 1. The van der Waals surface area contributed by atoms with Gasteiger partial charge in [-0.15, -0.1) is 45.3 Å². The number of aryl methyl sites for hydroxylation is 2. The number of amides is 1. The molecule has 3 atom stereocenters. The highest BCUT2D eigenvalue weighted by Gasteiger charge is 2.37. The average molecular weight is 1220 g/mol. The Kier molecular flexibility index (Phi) is 31.8. The lowest BCUT2D eigenvalue weighted by molar-refractivity contribution is -0.120. The Morgan fingerprint density at radius 1 is 0.417 bits per heavy atom. The number of carbonyl (C=O) groups is 1. The van der Waals surface area contributed by atoms with Crippen molar-refractivity contribution in [2.45, 2.75) is 317 Å². The zero-order valence-electron chi connectivity index (χ0n) is 54.2. The average Bonchev–Trinajstić information content (AvgIpc) is 1.52. The van der Waals surface area contributed by atoms with Gasteiger partial charge in [-0.1, -0.05) is 259 Å². The van der Waals surface area contributed by atoms with E-state index in [4.69, 9.17) is 0 Å². The lowest BCUT2D eigenvalue weighted by atomic mass is 9.87. The normalized spacial score (nSPS) is 14.4. The number of carbonyl (C=O) groups excluding carboxylic acids is 1. The molecule has 8 heteroatoms. The summed E-state index contributed by atoms with van der Waals surface area (Å²) in [4.78, 5) is 42.5. The van der Waals surface area contributed by atoms with Gasteiger partial charge in [0.05, 0.1) is 16.8 Å². The minimum absolute atomic E-state index is 0.175. The highest BCUT2D eigenvalue weighted by atomic mass is 32.1. The van der Waals surface area contributed by atoms with Crippen LogP contribution in [-0.4, -0.2) is 17.0 Å². The van der Waals surface area contributed by atoms with Crippen molar-refractivity contribution in [1.82, 2.24) is 4.57 Å². The van der Waals surface area contributed by atoms with E-state index in [0.29, 0.717) is 18.3 Å². The summed E-state index contributed by atoms with van der Waals surface area (Å²) in [5, 5.41) is 2.02. The molecule has 6 aromatic rings. The first-order chi connectivity index (χ1) is 41.2. The van der Waals surface area contributed by atoms with E-state index in [1.54, 1.807) is 11.3 Å². The first-order valence-electron chi connectivity index (χ1n) is 35.4. The van der Waals surface area contributed by atoms with Crippen LogP contribution in [0.5, 0.6) is 0 Å². The molecular weight excluding hydrogens is 1100 g/mol. The smallest absolute Gasteiger partial charge is 0.259 e. The minimum Gasteiger partial charge on any atom is -0.311 e. The molecule has 84 heavy (non-hydrogen) atoms. The molecule has 4 nitrogen and oxygen atoms in total. The van der Waals surface area contributed by atoms with Crippen LogP contribution in [0, 0.1) is 25.7 Å². The van der Waals surface area contributed by atoms with Crippen LogP contribution in [0.1, 0.15) is 311 Å². The molecule has 0 aliphatic carbocycles. The van der Waals surface area contributed by atoms with Crippen LogP contribution >= 0.6 is 45.3 Å². The molecule has 1 aliphatic heterocycles. The van der Waals surface area contributed by atoms with E-state index in [1.807, 2.05) is 34.0 Å². The molecule has 1 aromatic carbocycles. The highest BCUT2D eigenvalue weighted by Crippen LogP contribution is 2.46. The Bertz CT molecular complexity index is 2820. The van der Waals surface area contributed by atoms with Crippen LogP contribution in [0.3, 0.4) is 0 Å². The lowest BCUT2D eigenvalue weighted by Crippen LogP contribution is -2.43. The lowest BCUT2D eigenvalue weighted by Gasteiger charge is -2.37. The van der Waals surface area contributed by atoms with Gasteiger partial charge in [-0.05, 0) is 118 Å². The summed E-state index contributed by atoms with van der Waals surface area (Å²) in [6, 6.07) is 20.6. The third-order valence-corrected chi connectivity index (χ3v) is 23.7. The van der Waals surface area contributed by atoms with E-state index in [9.17, 15) is 0 Å². The second kappa shape index (κ2) is 39.1. The summed E-state index contributed by atoms with van der Waals surface area (Å²) in [6.45, 7) is 15.2. The van der Waals surface area contributed by atoms with Gasteiger partial charge in [-0.25, -0.2) is 0 Å². The predicted octanol–water partition coefficient (Wildman–Crippen LogP) is 25.9. The summed E-state index contributed by atoms with van der Waals surface area (Å²) in [7, 11) is 0. The molecule has 466 valence electrons. The highest BCUT2D eigenvalue weighted by molar-refractivity contribution is 7.26. The van der Waals surface area contributed by atoms with Crippen LogP contribution in [0.15, 0.2) is 59.4 Å². The Hall–Kier alpha value is -3.04. The van der Waals surface area contributed by atoms with Gasteiger partial charge < -0.3 is 9.47 Å². The van der Waals surface area contributed by atoms with E-state index in [1.165, 1.54) is 297 Å². The summed E-state index contributed by atoms with van der Waals surface area (Å²) in [6.07, 6.45) is 53.4. The summed E-state index contributed by atoms with van der Waals surface area (Å²) >= 11 is 7.30. The molecule has 7 rings (SSSR count). The summed E-state index contributed by atoms with van der Waals surface area (Å²) in [5.41, 5.74) is 3.60. The number of unbranched alkanes of at least 4 members (excludes halogenated alkanes) is 32. The zero-order chi connectivity index (χ0) is 59.1. The van der Waals surface area contributed by atoms with E-state index < -0.39 is 0 Å². The van der Waals surface area contributed by atoms with E-state index in [-0.39, 0.29) is 17.4 Å². The van der Waals surface area contributed by atoms with Gasteiger partial charge in [0.1, 0.15) is 0 Å². The Balaban J connectivity index is 1.24. The van der Waals surface area contributed by atoms with Gasteiger partial charge >= 0.3 is 0 Å². The fourth-order valence-electron chi connectivity index (χ4n) is 13.7. The molecule has 0 N–H and O–H groups in total. The minimum atomic E-state index is -0.249. The van der Waals surface area contributed by atoms with Crippen molar-refractivity contribution in [3.63, 3.8) is 0 Å². The quantitative estimate of drug-likeness (QED) is 0.0357. The summed E-state index contributed by atoms with van der Waals surface area (Å²) in [5.74, 6) is 0.923. The maximum Gasteiger partial charge on any atom is 0.259 e. The van der Waals surface area contributed by atoms with E-state index >= 15 is 9.59 Å². The number of thiophene rings is 4. The predicted molar refractivity (Wildman–Crippen MR) is 377 cm³/mol. The van der Waals surface area contributed by atoms with E-state index in [2.05, 4.69) is 106 Å². The van der Waals surface area contributed by atoms with Crippen LogP contribution < -0.4 is 10.5 Å². The molecule has 1 aliphatic rings. The molecule has 6 heterocycles. The molecule has 0 spiro atoms.